The van der Waals surface area contributed by atoms with E-state index in [1.807, 2.05) is 4.90 Å². The first-order chi connectivity index (χ1) is 15.1. The van der Waals surface area contributed by atoms with E-state index in [0.29, 0.717) is 41.5 Å². The van der Waals surface area contributed by atoms with Crippen molar-refractivity contribution < 1.29 is 14.3 Å². The lowest BCUT2D eigenvalue weighted by Gasteiger charge is -2.38. The average molecular weight is 464 g/mol. The average Bonchev–Trinajstić information content (AvgIpc) is 3.24. The number of carbonyl (C=O) groups excluding carboxylic acids is 2. The van der Waals surface area contributed by atoms with Crippen molar-refractivity contribution in [2.45, 2.75) is 123 Å². The van der Waals surface area contributed by atoms with E-state index < -0.39 is 8.07 Å². The standard InChI is InChI=1S/C27H49NO3Si/c1-22(2)32(23(3)4,24(5)6)21-17-26(14-10-8-9-13-20-31-25(7)29)15-16-27(30)28-18-11-12-19-28/h22-24,26H,8-16,18-20H2,1-7H3/t26-/m0/s1. The van der Waals surface area contributed by atoms with Crippen LogP contribution in [0.4, 0.5) is 0 Å². The lowest BCUT2D eigenvalue weighted by Crippen LogP contribution is -2.43. The second kappa shape index (κ2) is 14.8. The Morgan fingerprint density at radius 2 is 1.44 bits per heavy atom. The molecule has 0 spiro atoms. The number of unbranched alkanes of at least 4 members (excludes halogenated alkanes) is 3. The summed E-state index contributed by atoms with van der Waals surface area (Å²) in [6, 6.07) is 0. The predicted molar refractivity (Wildman–Crippen MR) is 137 cm³/mol. The maximum absolute atomic E-state index is 12.6. The van der Waals surface area contributed by atoms with E-state index in [0.717, 1.165) is 64.5 Å². The maximum Gasteiger partial charge on any atom is 0.302 e. The zero-order chi connectivity index (χ0) is 24.1. The third kappa shape index (κ3) is 9.30. The van der Waals surface area contributed by atoms with E-state index in [1.165, 1.54) is 6.92 Å². The predicted octanol–water partition coefficient (Wildman–Crippen LogP) is 6.74. The molecule has 0 aromatic rings. The number of rotatable bonds is 13. The smallest absolute Gasteiger partial charge is 0.302 e. The van der Waals surface area contributed by atoms with Gasteiger partial charge in [-0.25, -0.2) is 0 Å². The molecule has 1 aliphatic rings. The fraction of sp³-hybridized carbons (Fsp3) is 0.852. The molecule has 1 saturated heterocycles. The first kappa shape index (κ1) is 28.7. The summed E-state index contributed by atoms with van der Waals surface area (Å²) >= 11 is 0. The molecule has 0 unspecified atom stereocenters. The monoisotopic (exact) mass is 463 g/mol. The van der Waals surface area contributed by atoms with Gasteiger partial charge in [0.05, 0.1) is 6.61 Å². The van der Waals surface area contributed by atoms with Crippen LogP contribution in [0, 0.1) is 17.4 Å². The maximum atomic E-state index is 12.6. The van der Waals surface area contributed by atoms with Crippen molar-refractivity contribution in [3.05, 3.63) is 0 Å². The number of ether oxygens (including phenoxy) is 1. The number of esters is 1. The number of amides is 1. The lowest BCUT2D eigenvalue weighted by atomic mass is 9.96. The molecule has 0 bridgehead atoms. The highest BCUT2D eigenvalue weighted by Crippen LogP contribution is 2.41. The second-order valence-electron chi connectivity index (χ2n) is 10.5. The third-order valence-corrected chi connectivity index (χ3v) is 13.6. The molecule has 5 heteroatoms. The molecule has 1 aliphatic heterocycles. The Kier molecular flexibility index (Phi) is 13.3. The van der Waals surface area contributed by atoms with Crippen molar-refractivity contribution in [2.75, 3.05) is 19.7 Å². The number of likely N-dealkylation sites (tertiary alicyclic amines) is 1. The summed E-state index contributed by atoms with van der Waals surface area (Å²) in [6.07, 6.45) is 9.11. The molecule has 0 saturated carbocycles. The second-order valence-corrected chi connectivity index (χ2v) is 16.1. The van der Waals surface area contributed by atoms with Crippen LogP contribution in [0.15, 0.2) is 0 Å². The number of nitrogens with zero attached hydrogens (tertiary/aromatic N) is 1. The van der Waals surface area contributed by atoms with Crippen molar-refractivity contribution in [1.82, 2.24) is 4.90 Å². The molecular weight excluding hydrogens is 414 g/mol. The van der Waals surface area contributed by atoms with Crippen LogP contribution in [0.1, 0.15) is 106 Å². The van der Waals surface area contributed by atoms with E-state index in [1.54, 1.807) is 0 Å². The highest BCUT2D eigenvalue weighted by Gasteiger charge is 2.41. The van der Waals surface area contributed by atoms with E-state index in [-0.39, 0.29) is 5.97 Å². The molecule has 0 N–H and O–H groups in total. The van der Waals surface area contributed by atoms with Crippen LogP contribution >= 0.6 is 0 Å². The molecule has 1 amide bonds. The van der Waals surface area contributed by atoms with Crippen molar-refractivity contribution >= 4 is 20.0 Å². The molecule has 0 aromatic heterocycles. The molecule has 0 aliphatic carbocycles. The fourth-order valence-corrected chi connectivity index (χ4v) is 10.8. The van der Waals surface area contributed by atoms with Gasteiger partial charge in [0, 0.05) is 32.4 Å². The number of carbonyl (C=O) groups is 2. The van der Waals surface area contributed by atoms with Gasteiger partial charge in [0.1, 0.15) is 8.07 Å². The van der Waals surface area contributed by atoms with Crippen LogP contribution in [0.2, 0.25) is 16.6 Å². The third-order valence-electron chi connectivity index (χ3n) is 7.28. The van der Waals surface area contributed by atoms with Crippen LogP contribution in [0.25, 0.3) is 0 Å². The van der Waals surface area contributed by atoms with Gasteiger partial charge in [-0.05, 0) is 48.7 Å². The molecule has 1 heterocycles. The normalized spacial score (nSPS) is 15.2. The minimum absolute atomic E-state index is 0.198. The highest BCUT2D eigenvalue weighted by atomic mass is 28.3. The van der Waals surface area contributed by atoms with E-state index >= 15 is 0 Å². The van der Waals surface area contributed by atoms with Gasteiger partial charge in [-0.15, -0.1) is 11.5 Å². The van der Waals surface area contributed by atoms with Crippen LogP contribution < -0.4 is 0 Å². The van der Waals surface area contributed by atoms with E-state index in [4.69, 9.17) is 4.74 Å². The summed E-state index contributed by atoms with van der Waals surface area (Å²) in [5.41, 5.74) is 5.79. The SMILES string of the molecule is CC(=O)OCCCCCC[C@H](C#C[Si](C(C)C)(C(C)C)C(C)C)CCC(=O)N1CCCC1. The Morgan fingerprint density at radius 3 is 1.97 bits per heavy atom. The quantitative estimate of drug-likeness (QED) is 0.131. The summed E-state index contributed by atoms with van der Waals surface area (Å²) < 4.78 is 5.03. The summed E-state index contributed by atoms with van der Waals surface area (Å²) in [5.74, 6) is 4.16. The molecule has 32 heavy (non-hydrogen) atoms. The Hall–Kier alpha value is -1.28. The Bertz CT molecular complexity index is 605. The lowest BCUT2D eigenvalue weighted by molar-refractivity contribution is -0.141. The zero-order valence-corrected chi connectivity index (χ0v) is 23.0. The van der Waals surface area contributed by atoms with Crippen LogP contribution in [0.3, 0.4) is 0 Å². The van der Waals surface area contributed by atoms with Gasteiger partial charge in [-0.3, -0.25) is 9.59 Å². The van der Waals surface area contributed by atoms with Crippen molar-refractivity contribution in [2.24, 2.45) is 5.92 Å². The van der Waals surface area contributed by atoms with Gasteiger partial charge in [0.25, 0.3) is 0 Å². The molecule has 4 nitrogen and oxygen atoms in total. The summed E-state index contributed by atoms with van der Waals surface area (Å²) in [4.78, 5) is 25.5. The van der Waals surface area contributed by atoms with Gasteiger partial charge in [-0.2, -0.15) is 0 Å². The fourth-order valence-electron chi connectivity index (χ4n) is 5.43. The van der Waals surface area contributed by atoms with Crippen molar-refractivity contribution in [3.63, 3.8) is 0 Å². The summed E-state index contributed by atoms with van der Waals surface area (Å²) in [5, 5.41) is 0. The van der Waals surface area contributed by atoms with E-state index in [9.17, 15) is 9.59 Å². The van der Waals surface area contributed by atoms with Gasteiger partial charge >= 0.3 is 5.97 Å². The molecule has 0 aromatic carbocycles. The van der Waals surface area contributed by atoms with Crippen LogP contribution in [-0.4, -0.2) is 44.5 Å². The van der Waals surface area contributed by atoms with Gasteiger partial charge in [0.15, 0.2) is 0 Å². The molecular formula is C27H49NO3Si. The number of hydrogen-bond acceptors (Lipinski definition) is 3. The van der Waals surface area contributed by atoms with Crippen LogP contribution in [0.5, 0.6) is 0 Å². The highest BCUT2D eigenvalue weighted by molar-refractivity contribution is 6.90. The molecule has 1 rings (SSSR count). The summed E-state index contributed by atoms with van der Waals surface area (Å²) in [7, 11) is -1.75. The first-order valence-electron chi connectivity index (χ1n) is 13.0. The largest absolute Gasteiger partial charge is 0.466 e. The van der Waals surface area contributed by atoms with Gasteiger partial charge in [0.2, 0.25) is 5.91 Å². The van der Waals surface area contributed by atoms with Gasteiger partial charge < -0.3 is 9.64 Å². The minimum atomic E-state index is -1.75. The minimum Gasteiger partial charge on any atom is -0.466 e. The summed E-state index contributed by atoms with van der Waals surface area (Å²) in [6.45, 7) is 18.0. The Labute approximate surface area is 199 Å². The van der Waals surface area contributed by atoms with E-state index in [2.05, 4.69) is 53.0 Å². The first-order valence-corrected chi connectivity index (χ1v) is 15.3. The van der Waals surface area contributed by atoms with Gasteiger partial charge in [-0.1, -0.05) is 60.8 Å². The molecule has 1 atom stereocenters. The molecule has 0 radical (unpaired) electrons. The zero-order valence-electron chi connectivity index (χ0n) is 22.0. The van der Waals surface area contributed by atoms with Crippen molar-refractivity contribution in [3.8, 4) is 11.5 Å². The molecule has 184 valence electrons. The number of hydrogen-bond donors (Lipinski definition) is 0. The Morgan fingerprint density at radius 1 is 0.875 bits per heavy atom. The topological polar surface area (TPSA) is 46.6 Å². The van der Waals surface area contributed by atoms with Crippen LogP contribution in [-0.2, 0) is 14.3 Å². The van der Waals surface area contributed by atoms with Crippen molar-refractivity contribution in [1.29, 1.82) is 0 Å². The Balaban J connectivity index is 2.77. The molecule has 1 fully saturated rings.